The molecule has 0 fully saturated rings. The number of aryl methyl sites for hydroxylation is 3. The number of carbonyl (C=O) groups is 1. The molecule has 0 aromatic carbocycles. The van der Waals surface area contributed by atoms with Gasteiger partial charge in [0.2, 0.25) is 0 Å². The average molecular weight is 289 g/mol. The summed E-state index contributed by atoms with van der Waals surface area (Å²) in [7, 11) is 3.74. The number of aromatic nitrogens is 4. The molecule has 2 aromatic heterocycles. The number of hydrogen-bond donors (Lipinski definition) is 0. The molecule has 0 saturated heterocycles. The highest BCUT2D eigenvalue weighted by atomic mass is 16.2. The normalized spacial score (nSPS) is 11.0. The van der Waals surface area contributed by atoms with Gasteiger partial charge in [-0.25, -0.2) is 0 Å². The molecule has 0 unspecified atom stereocenters. The third kappa shape index (κ3) is 2.70. The van der Waals surface area contributed by atoms with Crippen LogP contribution < -0.4 is 0 Å². The molecule has 6 heteroatoms. The summed E-state index contributed by atoms with van der Waals surface area (Å²) in [5, 5.41) is 8.63. The maximum absolute atomic E-state index is 12.6. The zero-order valence-corrected chi connectivity index (χ0v) is 13.6. The van der Waals surface area contributed by atoms with Crippen LogP contribution in [0.25, 0.3) is 0 Å². The highest BCUT2D eigenvalue weighted by Crippen LogP contribution is 2.16. The molecule has 0 radical (unpaired) electrons. The first-order valence-corrected chi connectivity index (χ1v) is 7.13. The molecule has 0 bridgehead atoms. The van der Waals surface area contributed by atoms with Crippen molar-refractivity contribution in [1.82, 2.24) is 24.5 Å². The Bertz CT molecular complexity index is 668. The molecule has 2 aromatic rings. The summed E-state index contributed by atoms with van der Waals surface area (Å²) in [5.74, 6) is -0.00477. The molecule has 21 heavy (non-hydrogen) atoms. The van der Waals surface area contributed by atoms with Gasteiger partial charge in [0, 0.05) is 44.1 Å². The van der Waals surface area contributed by atoms with Crippen molar-refractivity contribution in [2.45, 2.75) is 40.8 Å². The summed E-state index contributed by atoms with van der Waals surface area (Å²) >= 11 is 0. The number of amides is 1. The van der Waals surface area contributed by atoms with Crippen molar-refractivity contribution < 1.29 is 4.79 Å². The van der Waals surface area contributed by atoms with Crippen LogP contribution in [0.3, 0.4) is 0 Å². The van der Waals surface area contributed by atoms with Gasteiger partial charge < -0.3 is 4.90 Å². The first-order valence-electron chi connectivity index (χ1n) is 7.13. The molecule has 2 heterocycles. The van der Waals surface area contributed by atoms with E-state index < -0.39 is 0 Å². The summed E-state index contributed by atoms with van der Waals surface area (Å²) in [6.45, 7) is 9.26. The molecule has 114 valence electrons. The second-order valence-corrected chi connectivity index (χ2v) is 5.39. The highest BCUT2D eigenvalue weighted by molar-refractivity contribution is 5.94. The predicted molar refractivity (Wildman–Crippen MR) is 81.1 cm³/mol. The Balaban J connectivity index is 2.21. The van der Waals surface area contributed by atoms with Gasteiger partial charge in [-0.15, -0.1) is 0 Å². The third-order valence-electron chi connectivity index (χ3n) is 4.03. The lowest BCUT2D eigenvalue weighted by molar-refractivity contribution is 0.0784. The van der Waals surface area contributed by atoms with Crippen LogP contribution in [-0.4, -0.2) is 37.4 Å². The largest absolute Gasteiger partial charge is 0.337 e. The van der Waals surface area contributed by atoms with Crippen LogP contribution in [0, 0.1) is 20.8 Å². The Kier molecular flexibility index (Phi) is 4.16. The van der Waals surface area contributed by atoms with Crippen molar-refractivity contribution in [1.29, 1.82) is 0 Å². The van der Waals surface area contributed by atoms with Crippen molar-refractivity contribution in [3.8, 4) is 0 Å². The smallest absolute Gasteiger partial charge is 0.257 e. The van der Waals surface area contributed by atoms with Crippen molar-refractivity contribution in [3.63, 3.8) is 0 Å². The molecule has 1 amide bonds. The molecular weight excluding hydrogens is 266 g/mol. The molecule has 0 aliphatic carbocycles. The SMILES string of the molecule is CCn1ncc(C(=O)N(C)Cc2c(C)nn(C)c2C)c1C. The Morgan fingerprint density at radius 2 is 1.95 bits per heavy atom. The highest BCUT2D eigenvalue weighted by Gasteiger charge is 2.20. The maximum atomic E-state index is 12.6. The van der Waals surface area contributed by atoms with Gasteiger partial charge in [-0.05, 0) is 27.7 Å². The van der Waals surface area contributed by atoms with Crippen LogP contribution in [0.5, 0.6) is 0 Å². The zero-order valence-electron chi connectivity index (χ0n) is 13.6. The van der Waals surface area contributed by atoms with E-state index in [9.17, 15) is 4.79 Å². The van der Waals surface area contributed by atoms with Crippen LogP contribution in [-0.2, 0) is 20.1 Å². The lowest BCUT2D eigenvalue weighted by Gasteiger charge is -2.17. The monoisotopic (exact) mass is 289 g/mol. The second kappa shape index (κ2) is 5.71. The topological polar surface area (TPSA) is 56.0 Å². The van der Waals surface area contributed by atoms with Gasteiger partial charge in [0.1, 0.15) is 0 Å². The van der Waals surface area contributed by atoms with Crippen LogP contribution in [0.4, 0.5) is 0 Å². The van der Waals surface area contributed by atoms with Crippen molar-refractivity contribution >= 4 is 5.91 Å². The molecule has 2 rings (SSSR count). The molecule has 0 saturated carbocycles. The lowest BCUT2D eigenvalue weighted by Crippen LogP contribution is -2.27. The standard InChI is InChI=1S/C15H23N5O/c1-7-20-12(4)13(8-16-20)15(21)18(5)9-14-10(2)17-19(6)11(14)3/h8H,7,9H2,1-6H3. The number of rotatable bonds is 4. The molecule has 0 aliphatic rings. The number of nitrogens with zero attached hydrogens (tertiary/aromatic N) is 5. The van der Waals surface area contributed by atoms with Crippen LogP contribution in [0.1, 0.15) is 39.9 Å². The predicted octanol–water partition coefficient (Wildman–Crippen LogP) is 1.83. The molecule has 0 spiro atoms. The van der Waals surface area contributed by atoms with E-state index in [1.807, 2.05) is 51.2 Å². The van der Waals surface area contributed by atoms with E-state index in [0.717, 1.165) is 29.2 Å². The summed E-state index contributed by atoms with van der Waals surface area (Å²) < 4.78 is 3.69. The lowest BCUT2D eigenvalue weighted by atomic mass is 10.1. The van der Waals surface area contributed by atoms with E-state index in [1.54, 1.807) is 11.1 Å². The number of hydrogen-bond acceptors (Lipinski definition) is 3. The molecule has 6 nitrogen and oxygen atoms in total. The molecular formula is C15H23N5O. The first-order chi connectivity index (χ1) is 9.86. The van der Waals surface area contributed by atoms with E-state index in [1.165, 1.54) is 0 Å². The number of carbonyl (C=O) groups excluding carboxylic acids is 1. The van der Waals surface area contributed by atoms with Gasteiger partial charge in [0.15, 0.2) is 0 Å². The summed E-state index contributed by atoms with van der Waals surface area (Å²) in [5.41, 5.74) is 4.74. The van der Waals surface area contributed by atoms with Gasteiger partial charge in [0.05, 0.1) is 17.5 Å². The van der Waals surface area contributed by atoms with E-state index >= 15 is 0 Å². The molecule has 0 atom stereocenters. The Morgan fingerprint density at radius 3 is 2.43 bits per heavy atom. The van der Waals surface area contributed by atoms with Crippen LogP contribution in [0.15, 0.2) is 6.20 Å². The Morgan fingerprint density at radius 1 is 1.29 bits per heavy atom. The zero-order chi connectivity index (χ0) is 15.7. The average Bonchev–Trinajstić information content (AvgIpc) is 2.93. The van der Waals surface area contributed by atoms with E-state index in [0.29, 0.717) is 12.1 Å². The van der Waals surface area contributed by atoms with Crippen LogP contribution in [0.2, 0.25) is 0 Å². The van der Waals surface area contributed by atoms with E-state index in [2.05, 4.69) is 10.2 Å². The Hall–Kier alpha value is -2.11. The minimum absolute atomic E-state index is 0.00477. The minimum atomic E-state index is -0.00477. The van der Waals surface area contributed by atoms with Gasteiger partial charge in [-0.2, -0.15) is 10.2 Å². The molecule has 0 aliphatic heterocycles. The van der Waals surface area contributed by atoms with Crippen molar-refractivity contribution in [2.24, 2.45) is 7.05 Å². The maximum Gasteiger partial charge on any atom is 0.257 e. The Labute approximate surface area is 125 Å². The summed E-state index contributed by atoms with van der Waals surface area (Å²) in [4.78, 5) is 14.3. The molecule has 0 N–H and O–H groups in total. The second-order valence-electron chi connectivity index (χ2n) is 5.39. The van der Waals surface area contributed by atoms with Gasteiger partial charge in [-0.3, -0.25) is 14.2 Å². The fourth-order valence-electron chi connectivity index (χ4n) is 2.54. The van der Waals surface area contributed by atoms with Crippen molar-refractivity contribution in [2.75, 3.05) is 7.05 Å². The third-order valence-corrected chi connectivity index (χ3v) is 4.03. The minimum Gasteiger partial charge on any atom is -0.337 e. The van der Waals surface area contributed by atoms with E-state index in [-0.39, 0.29) is 5.91 Å². The summed E-state index contributed by atoms with van der Waals surface area (Å²) in [6, 6.07) is 0. The van der Waals surface area contributed by atoms with Gasteiger partial charge >= 0.3 is 0 Å². The summed E-state index contributed by atoms with van der Waals surface area (Å²) in [6.07, 6.45) is 1.65. The van der Waals surface area contributed by atoms with Gasteiger partial charge in [0.25, 0.3) is 5.91 Å². The van der Waals surface area contributed by atoms with E-state index in [4.69, 9.17) is 0 Å². The fraction of sp³-hybridized carbons (Fsp3) is 0.533. The van der Waals surface area contributed by atoms with Crippen molar-refractivity contribution in [3.05, 3.63) is 34.4 Å². The van der Waals surface area contributed by atoms with Crippen LogP contribution >= 0.6 is 0 Å². The quantitative estimate of drug-likeness (QED) is 0.863. The van der Waals surface area contributed by atoms with Gasteiger partial charge in [-0.1, -0.05) is 0 Å². The first kappa shape index (κ1) is 15.3. The fourth-order valence-corrected chi connectivity index (χ4v) is 2.54.